The fraction of sp³-hybridized carbons (Fsp3) is 0.278. The largest absolute Gasteiger partial charge is 0.379 e. The van der Waals surface area contributed by atoms with Gasteiger partial charge in [0.15, 0.2) is 0 Å². The first-order valence-electron chi connectivity index (χ1n) is 8.71. The molecule has 3 rings (SSSR count). The summed E-state index contributed by atoms with van der Waals surface area (Å²) in [6.45, 7) is 1.03. The Morgan fingerprint density at radius 2 is 1.90 bits per heavy atom. The third kappa shape index (κ3) is 5.12. The van der Waals surface area contributed by atoms with Crippen LogP contribution in [0.1, 0.15) is 5.56 Å². The molecule has 0 radical (unpaired) electrons. The molecule has 29 heavy (non-hydrogen) atoms. The van der Waals surface area contributed by atoms with Gasteiger partial charge in [-0.1, -0.05) is 12.1 Å². The van der Waals surface area contributed by atoms with Gasteiger partial charge in [0.1, 0.15) is 5.69 Å². The number of thioether (sulfide) groups is 1. The first-order valence-corrected chi connectivity index (χ1v) is 11.4. The molecule has 0 atom stereocenters. The highest BCUT2D eigenvalue weighted by molar-refractivity contribution is 7.98. The van der Waals surface area contributed by atoms with Crippen molar-refractivity contribution in [3.63, 3.8) is 0 Å². The summed E-state index contributed by atoms with van der Waals surface area (Å²) in [7, 11) is -3.82. The Hall–Kier alpha value is -2.47. The lowest BCUT2D eigenvalue weighted by Crippen LogP contribution is -2.40. The monoisotopic (exact) mass is 436 g/mol. The molecule has 11 heteroatoms. The van der Waals surface area contributed by atoms with E-state index < -0.39 is 14.9 Å². The summed E-state index contributed by atoms with van der Waals surface area (Å²) in [4.78, 5) is 11.8. The van der Waals surface area contributed by atoms with Crippen LogP contribution in [0.25, 0.3) is 0 Å². The van der Waals surface area contributed by atoms with Gasteiger partial charge in [0.2, 0.25) is 10.0 Å². The fourth-order valence-electron chi connectivity index (χ4n) is 2.72. The average Bonchev–Trinajstić information content (AvgIpc) is 2.74. The van der Waals surface area contributed by atoms with E-state index in [1.807, 2.05) is 30.5 Å². The molecule has 0 amide bonds. The number of hydrazone groups is 1. The topological polar surface area (TPSA) is 114 Å². The van der Waals surface area contributed by atoms with Gasteiger partial charge in [-0.3, -0.25) is 15.5 Å². The quantitative estimate of drug-likeness (QED) is 0.307. The van der Waals surface area contributed by atoms with Gasteiger partial charge in [-0.25, -0.2) is 8.42 Å². The van der Waals surface area contributed by atoms with Gasteiger partial charge in [0, 0.05) is 24.1 Å². The smallest absolute Gasteiger partial charge is 0.295 e. The van der Waals surface area contributed by atoms with Crippen LogP contribution in [0.3, 0.4) is 0 Å². The maximum atomic E-state index is 12.7. The second-order valence-electron chi connectivity index (χ2n) is 6.10. The van der Waals surface area contributed by atoms with Gasteiger partial charge in [0.05, 0.1) is 29.2 Å². The van der Waals surface area contributed by atoms with Crippen LogP contribution in [0.4, 0.5) is 11.4 Å². The molecule has 2 aromatic rings. The minimum atomic E-state index is -3.82. The number of hydrogen-bond acceptors (Lipinski definition) is 8. The van der Waals surface area contributed by atoms with Crippen LogP contribution in [0.15, 0.2) is 57.4 Å². The zero-order valence-corrected chi connectivity index (χ0v) is 17.3. The number of morpholine rings is 1. The van der Waals surface area contributed by atoms with Crippen molar-refractivity contribution >= 4 is 39.4 Å². The molecule has 0 saturated carbocycles. The van der Waals surface area contributed by atoms with E-state index in [1.165, 1.54) is 22.7 Å². The summed E-state index contributed by atoms with van der Waals surface area (Å²) in [6.07, 6.45) is 3.51. The summed E-state index contributed by atoms with van der Waals surface area (Å²) in [5, 5.41) is 15.5. The van der Waals surface area contributed by atoms with Crippen molar-refractivity contribution in [2.24, 2.45) is 5.10 Å². The zero-order valence-electron chi connectivity index (χ0n) is 15.6. The maximum absolute atomic E-state index is 12.7. The van der Waals surface area contributed by atoms with Crippen molar-refractivity contribution in [3.8, 4) is 0 Å². The van der Waals surface area contributed by atoms with Crippen LogP contribution < -0.4 is 5.43 Å². The van der Waals surface area contributed by atoms with Crippen molar-refractivity contribution in [3.05, 3.63) is 58.1 Å². The number of nitro groups is 1. The molecule has 1 aliphatic rings. The highest BCUT2D eigenvalue weighted by Crippen LogP contribution is 2.29. The van der Waals surface area contributed by atoms with Gasteiger partial charge < -0.3 is 4.74 Å². The fourth-order valence-corrected chi connectivity index (χ4v) is 4.56. The first-order chi connectivity index (χ1) is 13.9. The molecule has 2 aromatic carbocycles. The van der Waals surface area contributed by atoms with E-state index in [9.17, 15) is 18.5 Å². The van der Waals surface area contributed by atoms with Crippen molar-refractivity contribution in [2.45, 2.75) is 9.79 Å². The number of anilines is 1. The predicted molar refractivity (Wildman–Crippen MR) is 112 cm³/mol. The number of ether oxygens (including phenoxy) is 1. The summed E-state index contributed by atoms with van der Waals surface area (Å²) in [5.41, 5.74) is 3.19. The molecule has 0 aliphatic carbocycles. The lowest BCUT2D eigenvalue weighted by atomic mass is 10.2. The van der Waals surface area contributed by atoms with Crippen LogP contribution in [0.2, 0.25) is 0 Å². The second kappa shape index (κ2) is 9.35. The molecule has 1 N–H and O–H groups in total. The Balaban J connectivity index is 1.80. The van der Waals surface area contributed by atoms with Gasteiger partial charge in [-0.05, 0) is 36.1 Å². The van der Waals surface area contributed by atoms with E-state index in [4.69, 9.17) is 4.74 Å². The molecule has 154 valence electrons. The Morgan fingerprint density at radius 3 is 2.52 bits per heavy atom. The number of rotatable bonds is 7. The van der Waals surface area contributed by atoms with Crippen molar-refractivity contribution in [1.82, 2.24) is 4.31 Å². The summed E-state index contributed by atoms with van der Waals surface area (Å²) < 4.78 is 31.9. The highest BCUT2D eigenvalue weighted by Gasteiger charge is 2.28. The lowest BCUT2D eigenvalue weighted by molar-refractivity contribution is -0.384. The second-order valence-corrected chi connectivity index (χ2v) is 8.91. The normalized spacial score (nSPS) is 15.5. The van der Waals surface area contributed by atoms with E-state index >= 15 is 0 Å². The third-order valence-corrected chi connectivity index (χ3v) is 6.93. The average molecular weight is 437 g/mol. The van der Waals surface area contributed by atoms with Crippen molar-refractivity contribution in [2.75, 3.05) is 38.0 Å². The predicted octanol–water partition coefficient (Wildman–Crippen LogP) is 2.78. The molecular formula is C18H20N4O5S2. The van der Waals surface area contributed by atoms with Crippen molar-refractivity contribution < 1.29 is 18.1 Å². The molecule has 0 bridgehead atoms. The zero-order chi connectivity index (χ0) is 20.9. The van der Waals surface area contributed by atoms with E-state index in [-0.39, 0.29) is 29.4 Å². The van der Waals surface area contributed by atoms with E-state index in [1.54, 1.807) is 11.8 Å². The highest BCUT2D eigenvalue weighted by atomic mass is 32.2. The molecule has 1 aliphatic heterocycles. The number of nitrogens with one attached hydrogen (secondary N) is 1. The number of nitrogens with zero attached hydrogens (tertiary/aromatic N) is 3. The Morgan fingerprint density at radius 1 is 1.21 bits per heavy atom. The minimum Gasteiger partial charge on any atom is -0.379 e. The molecule has 0 unspecified atom stereocenters. The summed E-state index contributed by atoms with van der Waals surface area (Å²) in [5.74, 6) is 0. The van der Waals surface area contributed by atoms with Crippen LogP contribution >= 0.6 is 11.8 Å². The number of benzene rings is 2. The van der Waals surface area contributed by atoms with E-state index in [0.29, 0.717) is 13.2 Å². The van der Waals surface area contributed by atoms with E-state index in [2.05, 4.69) is 10.5 Å². The van der Waals surface area contributed by atoms with Crippen LogP contribution in [0, 0.1) is 10.1 Å². The molecule has 1 fully saturated rings. The number of nitro benzene ring substituents is 1. The molecule has 1 saturated heterocycles. The van der Waals surface area contributed by atoms with Crippen molar-refractivity contribution in [1.29, 1.82) is 0 Å². The van der Waals surface area contributed by atoms with Crippen LogP contribution in [-0.4, -0.2) is 56.4 Å². The first kappa shape index (κ1) is 21.2. The summed E-state index contributed by atoms with van der Waals surface area (Å²) >= 11 is 1.62. The Kier molecular flexibility index (Phi) is 6.85. The van der Waals surface area contributed by atoms with Gasteiger partial charge in [0.25, 0.3) is 5.69 Å². The molecule has 1 heterocycles. The van der Waals surface area contributed by atoms with E-state index in [0.717, 1.165) is 16.5 Å². The Labute approximate surface area is 172 Å². The molecule has 0 spiro atoms. The van der Waals surface area contributed by atoms with Crippen LogP contribution in [-0.2, 0) is 14.8 Å². The number of hydrogen-bond donors (Lipinski definition) is 1. The van der Waals surface area contributed by atoms with Gasteiger partial charge >= 0.3 is 0 Å². The third-order valence-electron chi connectivity index (χ3n) is 4.29. The number of sulfonamides is 1. The van der Waals surface area contributed by atoms with Gasteiger partial charge in [-0.15, -0.1) is 11.8 Å². The standard InChI is InChI=1S/C18H20N4O5S2/c1-28-15-4-2-14(3-5-15)13-19-20-17-7-6-16(12-18(17)22(23)24)29(25,26)21-8-10-27-11-9-21/h2-7,12-13,20H,8-11H2,1H3. The SMILES string of the molecule is CSc1ccc(C=NNc2ccc(S(=O)(=O)N3CCOCC3)cc2[N+](=O)[O-])cc1. The van der Waals surface area contributed by atoms with Crippen LogP contribution in [0.5, 0.6) is 0 Å². The molecular weight excluding hydrogens is 416 g/mol. The summed E-state index contributed by atoms with van der Waals surface area (Å²) in [6, 6.07) is 11.4. The van der Waals surface area contributed by atoms with Gasteiger partial charge in [-0.2, -0.15) is 9.41 Å². The minimum absolute atomic E-state index is 0.105. The maximum Gasteiger partial charge on any atom is 0.295 e. The lowest BCUT2D eigenvalue weighted by Gasteiger charge is -2.26. The Bertz CT molecular complexity index is 1000. The molecule has 9 nitrogen and oxygen atoms in total. The molecule has 0 aromatic heterocycles.